The van der Waals surface area contributed by atoms with Crippen LogP contribution in [0.4, 0.5) is 11.4 Å². The van der Waals surface area contributed by atoms with E-state index in [1.54, 1.807) is 0 Å². The van der Waals surface area contributed by atoms with Gasteiger partial charge in [0.2, 0.25) is 0 Å². The SMILES string of the molecule is Cc1ccc(C(=O)Nc2ccc(-c3ccc(NC(=O)c4ccc(C)c(Br)c4)c(C)c3)cc2C)cc1Br. The molecule has 0 fully saturated rings. The van der Waals surface area contributed by atoms with Gasteiger partial charge in [-0.2, -0.15) is 0 Å². The number of nitrogens with one attached hydrogen (secondary N) is 2. The summed E-state index contributed by atoms with van der Waals surface area (Å²) in [5.74, 6) is -0.300. The Hall–Kier alpha value is -3.22. The van der Waals surface area contributed by atoms with Crippen molar-refractivity contribution in [3.63, 3.8) is 0 Å². The van der Waals surface area contributed by atoms with E-state index in [0.29, 0.717) is 11.1 Å². The van der Waals surface area contributed by atoms with Crippen LogP contribution in [0.25, 0.3) is 11.1 Å². The Bertz CT molecular complexity index is 1380. The summed E-state index contributed by atoms with van der Waals surface area (Å²) >= 11 is 6.97. The monoisotopic (exact) mass is 604 g/mol. The molecule has 0 saturated heterocycles. The van der Waals surface area contributed by atoms with Gasteiger partial charge in [0.1, 0.15) is 0 Å². The van der Waals surface area contributed by atoms with Crippen LogP contribution < -0.4 is 10.6 Å². The highest BCUT2D eigenvalue weighted by Gasteiger charge is 2.12. The molecule has 0 atom stereocenters. The Kier molecular flexibility index (Phi) is 7.76. The smallest absolute Gasteiger partial charge is 0.255 e. The highest BCUT2D eigenvalue weighted by Crippen LogP contribution is 2.29. The van der Waals surface area contributed by atoms with Crippen molar-refractivity contribution in [1.82, 2.24) is 0 Å². The maximum absolute atomic E-state index is 12.7. The number of hydrogen-bond donors (Lipinski definition) is 2. The summed E-state index contributed by atoms with van der Waals surface area (Å²) in [6.07, 6.45) is 0. The zero-order valence-corrected chi connectivity index (χ0v) is 23.7. The molecule has 0 radical (unpaired) electrons. The van der Waals surface area contributed by atoms with E-state index in [0.717, 1.165) is 53.7 Å². The third kappa shape index (κ3) is 5.77. The number of hydrogen-bond acceptors (Lipinski definition) is 2. The van der Waals surface area contributed by atoms with Crippen molar-refractivity contribution >= 4 is 55.0 Å². The molecule has 0 heterocycles. The van der Waals surface area contributed by atoms with Crippen molar-refractivity contribution in [3.8, 4) is 11.1 Å². The minimum atomic E-state index is -0.150. The molecule has 4 aromatic carbocycles. The van der Waals surface area contributed by atoms with Crippen LogP contribution >= 0.6 is 31.9 Å². The third-order valence-corrected chi connectivity index (χ3v) is 7.86. The van der Waals surface area contributed by atoms with Gasteiger partial charge in [-0.15, -0.1) is 0 Å². The van der Waals surface area contributed by atoms with Crippen LogP contribution in [0, 0.1) is 27.7 Å². The predicted octanol–water partition coefficient (Wildman–Crippen LogP) is 8.62. The normalized spacial score (nSPS) is 10.7. The van der Waals surface area contributed by atoms with Crippen molar-refractivity contribution in [1.29, 1.82) is 0 Å². The summed E-state index contributed by atoms with van der Waals surface area (Å²) in [5, 5.41) is 6.01. The molecular formula is C30H26Br2N2O2. The lowest BCUT2D eigenvalue weighted by atomic mass is 9.99. The number of rotatable bonds is 5. The average molecular weight is 606 g/mol. The van der Waals surface area contributed by atoms with E-state index in [2.05, 4.69) is 54.6 Å². The van der Waals surface area contributed by atoms with Gasteiger partial charge >= 0.3 is 0 Å². The van der Waals surface area contributed by atoms with Gasteiger partial charge in [-0.3, -0.25) is 9.59 Å². The summed E-state index contributed by atoms with van der Waals surface area (Å²) in [6.45, 7) is 7.93. The van der Waals surface area contributed by atoms with Gasteiger partial charge in [0.25, 0.3) is 11.8 Å². The summed E-state index contributed by atoms with van der Waals surface area (Å²) in [7, 11) is 0. The van der Waals surface area contributed by atoms with Crippen LogP contribution in [0.5, 0.6) is 0 Å². The molecule has 4 rings (SSSR count). The Balaban J connectivity index is 1.49. The second-order valence-electron chi connectivity index (χ2n) is 8.90. The van der Waals surface area contributed by atoms with E-state index in [4.69, 9.17) is 0 Å². The van der Waals surface area contributed by atoms with Crippen LogP contribution in [-0.2, 0) is 0 Å². The van der Waals surface area contributed by atoms with Crippen LogP contribution in [0.1, 0.15) is 43.0 Å². The summed E-state index contributed by atoms with van der Waals surface area (Å²) in [5.41, 5.74) is 8.89. The van der Waals surface area contributed by atoms with Gasteiger partial charge in [-0.1, -0.05) is 56.1 Å². The number of benzene rings is 4. The minimum Gasteiger partial charge on any atom is -0.322 e. The van der Waals surface area contributed by atoms with Crippen molar-refractivity contribution in [3.05, 3.63) is 115 Å². The first-order valence-electron chi connectivity index (χ1n) is 11.5. The maximum Gasteiger partial charge on any atom is 0.255 e. The van der Waals surface area contributed by atoms with Crippen molar-refractivity contribution in [2.75, 3.05) is 10.6 Å². The second-order valence-corrected chi connectivity index (χ2v) is 10.6. The summed E-state index contributed by atoms with van der Waals surface area (Å²) in [4.78, 5) is 25.4. The lowest BCUT2D eigenvalue weighted by Crippen LogP contribution is -2.13. The van der Waals surface area contributed by atoms with Crippen LogP contribution in [0.2, 0.25) is 0 Å². The number of halogens is 2. The van der Waals surface area contributed by atoms with Crippen molar-refractivity contribution in [2.24, 2.45) is 0 Å². The molecule has 0 aliphatic heterocycles. The molecule has 0 aliphatic carbocycles. The zero-order chi connectivity index (χ0) is 26.0. The minimum absolute atomic E-state index is 0.150. The number of anilines is 2. The van der Waals surface area contributed by atoms with Crippen LogP contribution in [0.3, 0.4) is 0 Å². The average Bonchev–Trinajstić information content (AvgIpc) is 2.84. The van der Waals surface area contributed by atoms with E-state index in [-0.39, 0.29) is 11.8 Å². The molecular weight excluding hydrogens is 580 g/mol. The first-order chi connectivity index (χ1) is 17.1. The standard InChI is InChI=1S/C30H26Br2N2O2/c1-17-5-7-23(15-25(17)31)29(35)33-27-11-9-21(13-19(27)3)22-10-12-28(20(4)14-22)34-30(36)24-8-6-18(2)26(32)16-24/h5-16H,1-4H3,(H,33,35)(H,34,36). The lowest BCUT2D eigenvalue weighted by Gasteiger charge is -2.13. The predicted molar refractivity (Wildman–Crippen MR) is 155 cm³/mol. The van der Waals surface area contributed by atoms with Crippen LogP contribution in [0.15, 0.2) is 81.7 Å². The van der Waals surface area contributed by atoms with Gasteiger partial charge in [-0.25, -0.2) is 0 Å². The Morgan fingerprint density at radius 1 is 0.528 bits per heavy atom. The first kappa shape index (κ1) is 25.9. The Morgan fingerprint density at radius 3 is 1.25 bits per heavy atom. The van der Waals surface area contributed by atoms with Gasteiger partial charge < -0.3 is 10.6 Å². The van der Waals surface area contributed by atoms with Crippen molar-refractivity contribution < 1.29 is 9.59 Å². The Morgan fingerprint density at radius 2 is 0.917 bits per heavy atom. The fourth-order valence-corrected chi connectivity index (χ4v) is 4.58. The molecule has 6 heteroatoms. The first-order valence-corrected chi connectivity index (χ1v) is 13.1. The number of carbonyl (C=O) groups excluding carboxylic acids is 2. The highest BCUT2D eigenvalue weighted by atomic mass is 79.9. The molecule has 0 unspecified atom stereocenters. The lowest BCUT2D eigenvalue weighted by molar-refractivity contribution is 0.101. The van der Waals surface area contributed by atoms with Crippen LogP contribution in [-0.4, -0.2) is 11.8 Å². The van der Waals surface area contributed by atoms with Gasteiger partial charge in [0.05, 0.1) is 0 Å². The molecule has 0 aliphatic rings. The molecule has 4 aromatic rings. The second kappa shape index (κ2) is 10.8. The molecule has 0 aromatic heterocycles. The molecule has 182 valence electrons. The van der Waals surface area contributed by atoms with Gasteiger partial charge in [0, 0.05) is 31.4 Å². The van der Waals surface area contributed by atoms with E-state index in [9.17, 15) is 9.59 Å². The third-order valence-electron chi connectivity index (χ3n) is 6.15. The molecule has 0 bridgehead atoms. The fourth-order valence-electron chi connectivity index (χ4n) is 3.82. The van der Waals surface area contributed by atoms with E-state index >= 15 is 0 Å². The molecule has 0 saturated carbocycles. The van der Waals surface area contributed by atoms with Gasteiger partial charge in [-0.05, 0) is 110 Å². The van der Waals surface area contributed by atoms with Gasteiger partial charge in [0.15, 0.2) is 0 Å². The zero-order valence-electron chi connectivity index (χ0n) is 20.5. The maximum atomic E-state index is 12.7. The molecule has 36 heavy (non-hydrogen) atoms. The fraction of sp³-hybridized carbons (Fsp3) is 0.133. The number of amides is 2. The molecule has 2 N–H and O–H groups in total. The topological polar surface area (TPSA) is 58.2 Å². The summed E-state index contributed by atoms with van der Waals surface area (Å²) in [6, 6.07) is 23.1. The Labute approximate surface area is 228 Å². The molecule has 2 amide bonds. The van der Waals surface area contributed by atoms with E-state index < -0.39 is 0 Å². The number of aryl methyl sites for hydroxylation is 4. The van der Waals surface area contributed by atoms with E-state index in [1.807, 2.05) is 88.4 Å². The highest BCUT2D eigenvalue weighted by molar-refractivity contribution is 9.10. The molecule has 4 nitrogen and oxygen atoms in total. The quantitative estimate of drug-likeness (QED) is 0.239. The summed E-state index contributed by atoms with van der Waals surface area (Å²) < 4.78 is 1.81. The number of carbonyl (C=O) groups is 2. The van der Waals surface area contributed by atoms with E-state index in [1.165, 1.54) is 0 Å². The largest absolute Gasteiger partial charge is 0.322 e. The van der Waals surface area contributed by atoms with Crippen molar-refractivity contribution in [2.45, 2.75) is 27.7 Å². The molecule has 0 spiro atoms.